The number of hydrogen-bond acceptors (Lipinski definition) is 3. The fourth-order valence-electron chi connectivity index (χ4n) is 1.97. The van der Waals surface area contributed by atoms with E-state index >= 15 is 0 Å². The van der Waals surface area contributed by atoms with E-state index in [-0.39, 0.29) is 11.4 Å². The Kier molecular flexibility index (Phi) is 2.49. The quantitative estimate of drug-likeness (QED) is 0.757. The molecule has 3 rings (SSSR count). The van der Waals surface area contributed by atoms with Crippen LogP contribution in [0.1, 0.15) is 10.4 Å². The third-order valence-corrected chi connectivity index (χ3v) is 2.81. The predicted molar refractivity (Wildman–Crippen MR) is 66.9 cm³/mol. The van der Waals surface area contributed by atoms with Crippen LogP contribution in [-0.2, 0) is 0 Å². The first-order chi connectivity index (χ1) is 9.16. The summed E-state index contributed by atoms with van der Waals surface area (Å²) in [7, 11) is 0. The molecule has 2 N–H and O–H groups in total. The lowest BCUT2D eigenvalue weighted by atomic mass is 10.1. The highest BCUT2D eigenvalue weighted by Crippen LogP contribution is 2.22. The van der Waals surface area contributed by atoms with Gasteiger partial charge in [0, 0.05) is 5.56 Å². The van der Waals surface area contributed by atoms with Crippen LogP contribution in [0.4, 0.5) is 4.39 Å². The number of nitrogens with two attached hydrogens (primary N) is 1. The van der Waals surface area contributed by atoms with E-state index in [9.17, 15) is 9.18 Å². The Hall–Kier alpha value is -2.76. The summed E-state index contributed by atoms with van der Waals surface area (Å²) in [6.45, 7) is 0. The number of hydrogen-bond donors (Lipinski definition) is 1. The normalized spacial score (nSPS) is 10.8. The molecule has 0 aliphatic carbocycles. The zero-order valence-electron chi connectivity index (χ0n) is 9.75. The van der Waals surface area contributed by atoms with E-state index in [0.29, 0.717) is 16.9 Å². The number of rotatable bonds is 2. The Morgan fingerprint density at radius 2 is 2.11 bits per heavy atom. The molecule has 1 amide bonds. The third-order valence-electron chi connectivity index (χ3n) is 2.81. The molecule has 94 valence electrons. The van der Waals surface area contributed by atoms with E-state index in [1.807, 2.05) is 0 Å². The Labute approximate surface area is 107 Å². The number of amides is 1. The second kappa shape index (κ2) is 4.16. The number of nitrogens with zero attached hydrogens (tertiary/aromatic N) is 3. The third kappa shape index (κ3) is 1.83. The lowest BCUT2D eigenvalue weighted by molar-refractivity contribution is 0.100. The average Bonchev–Trinajstić information content (AvgIpc) is 2.86. The van der Waals surface area contributed by atoms with Crippen LogP contribution in [0.25, 0.3) is 16.9 Å². The molecule has 19 heavy (non-hydrogen) atoms. The van der Waals surface area contributed by atoms with Crippen LogP contribution in [0.15, 0.2) is 42.7 Å². The van der Waals surface area contributed by atoms with Gasteiger partial charge in [0.15, 0.2) is 5.65 Å². The minimum absolute atomic E-state index is 0.276. The fraction of sp³-hybridized carbons (Fsp3) is 0. The monoisotopic (exact) mass is 256 g/mol. The predicted octanol–water partition coefficient (Wildman–Crippen LogP) is 1.63. The van der Waals surface area contributed by atoms with Crippen molar-refractivity contribution in [1.29, 1.82) is 0 Å². The Balaban J connectivity index is 2.29. The van der Waals surface area contributed by atoms with Crippen LogP contribution in [0, 0.1) is 5.82 Å². The van der Waals surface area contributed by atoms with Crippen molar-refractivity contribution < 1.29 is 9.18 Å². The number of carbonyl (C=O) groups is 1. The van der Waals surface area contributed by atoms with Gasteiger partial charge in [-0.25, -0.2) is 13.9 Å². The van der Waals surface area contributed by atoms with Crippen molar-refractivity contribution in [2.75, 3.05) is 0 Å². The van der Waals surface area contributed by atoms with Gasteiger partial charge in [0.25, 0.3) is 5.91 Å². The van der Waals surface area contributed by atoms with Crippen molar-refractivity contribution in [3.63, 3.8) is 0 Å². The van der Waals surface area contributed by atoms with Crippen LogP contribution < -0.4 is 5.73 Å². The number of aromatic nitrogens is 3. The number of primary amides is 1. The zero-order chi connectivity index (χ0) is 13.4. The van der Waals surface area contributed by atoms with Crippen LogP contribution in [0.2, 0.25) is 0 Å². The molecule has 0 unspecified atom stereocenters. The number of fused-ring (bicyclic) bond motifs is 1. The number of benzene rings is 1. The van der Waals surface area contributed by atoms with E-state index in [1.54, 1.807) is 24.3 Å². The largest absolute Gasteiger partial charge is 0.365 e. The summed E-state index contributed by atoms with van der Waals surface area (Å²) >= 11 is 0. The van der Waals surface area contributed by atoms with Crippen LogP contribution in [-0.4, -0.2) is 20.5 Å². The molecule has 0 atom stereocenters. The maximum absolute atomic E-state index is 13.3. The lowest BCUT2D eigenvalue weighted by Gasteiger charge is -2.06. The molecule has 0 bridgehead atoms. The van der Waals surface area contributed by atoms with Crippen LogP contribution >= 0.6 is 0 Å². The molecule has 2 heterocycles. The van der Waals surface area contributed by atoms with Crippen molar-refractivity contribution in [1.82, 2.24) is 14.6 Å². The molecule has 5 nitrogen and oxygen atoms in total. The Morgan fingerprint density at radius 1 is 1.26 bits per heavy atom. The zero-order valence-corrected chi connectivity index (χ0v) is 9.75. The molecule has 0 spiro atoms. The van der Waals surface area contributed by atoms with Gasteiger partial charge in [-0.15, -0.1) is 0 Å². The maximum atomic E-state index is 13.3. The van der Waals surface area contributed by atoms with Crippen molar-refractivity contribution in [3.8, 4) is 11.3 Å². The van der Waals surface area contributed by atoms with E-state index in [0.717, 1.165) is 0 Å². The Morgan fingerprint density at radius 3 is 2.84 bits per heavy atom. The van der Waals surface area contributed by atoms with E-state index < -0.39 is 5.91 Å². The summed E-state index contributed by atoms with van der Waals surface area (Å²) < 4.78 is 14.7. The van der Waals surface area contributed by atoms with Gasteiger partial charge in [-0.05, 0) is 24.3 Å². The van der Waals surface area contributed by atoms with Gasteiger partial charge in [-0.1, -0.05) is 12.1 Å². The molecule has 0 radical (unpaired) electrons. The van der Waals surface area contributed by atoms with Crippen molar-refractivity contribution in [2.45, 2.75) is 0 Å². The highest BCUT2D eigenvalue weighted by Gasteiger charge is 2.13. The number of halogens is 1. The van der Waals surface area contributed by atoms with Crippen LogP contribution in [0.5, 0.6) is 0 Å². The van der Waals surface area contributed by atoms with Gasteiger partial charge in [0.05, 0.1) is 11.3 Å². The molecular weight excluding hydrogens is 247 g/mol. The minimum atomic E-state index is -0.580. The first-order valence-corrected chi connectivity index (χ1v) is 5.55. The minimum Gasteiger partial charge on any atom is -0.365 e. The summed E-state index contributed by atoms with van der Waals surface area (Å²) in [4.78, 5) is 15.3. The number of pyridine rings is 1. The molecule has 3 aromatic rings. The van der Waals surface area contributed by atoms with Crippen molar-refractivity contribution in [3.05, 3.63) is 54.1 Å². The first kappa shape index (κ1) is 11.3. The summed E-state index contributed by atoms with van der Waals surface area (Å²) in [6.07, 6.45) is 1.32. The van der Waals surface area contributed by atoms with Gasteiger partial charge in [-0.3, -0.25) is 4.79 Å². The summed E-state index contributed by atoms with van der Waals surface area (Å²) in [5.41, 5.74) is 7.18. The smallest absolute Gasteiger partial charge is 0.252 e. The fourth-order valence-corrected chi connectivity index (χ4v) is 1.97. The Bertz CT molecular complexity index is 781. The van der Waals surface area contributed by atoms with Gasteiger partial charge in [-0.2, -0.15) is 5.10 Å². The average molecular weight is 256 g/mol. The van der Waals surface area contributed by atoms with E-state index in [2.05, 4.69) is 10.1 Å². The van der Waals surface area contributed by atoms with Crippen molar-refractivity contribution >= 4 is 11.6 Å². The van der Waals surface area contributed by atoms with Crippen LogP contribution in [0.3, 0.4) is 0 Å². The number of carbonyl (C=O) groups excluding carboxylic acids is 1. The van der Waals surface area contributed by atoms with E-state index in [4.69, 9.17) is 5.73 Å². The molecular formula is C13H9FN4O. The topological polar surface area (TPSA) is 73.3 Å². The van der Waals surface area contributed by atoms with Gasteiger partial charge in [0.1, 0.15) is 12.1 Å². The molecule has 0 saturated heterocycles. The molecule has 0 saturated carbocycles. The molecule has 0 aliphatic heterocycles. The molecule has 0 fully saturated rings. The lowest BCUT2D eigenvalue weighted by Crippen LogP contribution is -2.13. The van der Waals surface area contributed by atoms with Gasteiger partial charge < -0.3 is 5.73 Å². The molecule has 6 heteroatoms. The molecule has 1 aromatic carbocycles. The first-order valence-electron chi connectivity index (χ1n) is 5.55. The van der Waals surface area contributed by atoms with Crippen molar-refractivity contribution in [2.24, 2.45) is 5.73 Å². The maximum Gasteiger partial charge on any atom is 0.252 e. The highest BCUT2D eigenvalue weighted by atomic mass is 19.1. The summed E-state index contributed by atoms with van der Waals surface area (Å²) in [6, 6.07) is 9.34. The second-order valence-electron chi connectivity index (χ2n) is 4.00. The second-order valence-corrected chi connectivity index (χ2v) is 4.00. The standard InChI is InChI=1S/C13H9FN4O/c14-9-3-1-2-8(6-9)11-5-4-10(12(15)19)13-16-7-17-18(11)13/h1-7H,(H2,15,19). The highest BCUT2D eigenvalue weighted by molar-refractivity contribution is 5.99. The summed E-state index contributed by atoms with van der Waals surface area (Å²) in [5, 5.41) is 4.04. The van der Waals surface area contributed by atoms with E-state index in [1.165, 1.54) is 23.0 Å². The SMILES string of the molecule is NC(=O)c1ccc(-c2cccc(F)c2)n2ncnc12. The van der Waals surface area contributed by atoms with Gasteiger partial charge in [0.2, 0.25) is 0 Å². The van der Waals surface area contributed by atoms with Gasteiger partial charge >= 0.3 is 0 Å². The molecule has 0 aliphatic rings. The summed E-state index contributed by atoms with van der Waals surface area (Å²) in [5.74, 6) is -0.923. The molecule has 2 aromatic heterocycles.